The van der Waals surface area contributed by atoms with E-state index in [9.17, 15) is 4.79 Å². The Morgan fingerprint density at radius 3 is 3.10 bits per heavy atom. The van der Waals surface area contributed by atoms with Crippen LogP contribution in [0.3, 0.4) is 0 Å². The molecular formula is C16H19NO3S. The number of hydrogen-bond acceptors (Lipinski definition) is 5. The molecule has 0 aliphatic carbocycles. The van der Waals surface area contributed by atoms with Crippen LogP contribution in [0.25, 0.3) is 10.2 Å². The summed E-state index contributed by atoms with van der Waals surface area (Å²) in [6.07, 6.45) is 4.38. The van der Waals surface area contributed by atoms with E-state index in [1.165, 1.54) is 0 Å². The first-order valence-electron chi connectivity index (χ1n) is 7.43. The van der Waals surface area contributed by atoms with Gasteiger partial charge in [-0.2, -0.15) is 0 Å². The Kier molecular flexibility index (Phi) is 4.83. The van der Waals surface area contributed by atoms with Crippen molar-refractivity contribution < 1.29 is 14.3 Å². The Labute approximate surface area is 128 Å². The molecule has 1 aromatic carbocycles. The summed E-state index contributed by atoms with van der Waals surface area (Å²) in [5, 5.41) is 0.988. The number of fused-ring (bicyclic) bond motifs is 1. The molecule has 3 rings (SSSR count). The van der Waals surface area contributed by atoms with Gasteiger partial charge in [0.2, 0.25) is 0 Å². The van der Waals surface area contributed by atoms with Gasteiger partial charge in [0.25, 0.3) is 0 Å². The molecule has 1 atom stereocenters. The van der Waals surface area contributed by atoms with Crippen molar-refractivity contribution >= 4 is 27.5 Å². The summed E-state index contributed by atoms with van der Waals surface area (Å²) in [4.78, 5) is 16.3. The van der Waals surface area contributed by atoms with Crippen molar-refractivity contribution in [2.45, 2.75) is 38.2 Å². The van der Waals surface area contributed by atoms with Crippen LogP contribution < -0.4 is 0 Å². The average molecular weight is 305 g/mol. The maximum atomic E-state index is 11.8. The lowest BCUT2D eigenvalue weighted by atomic mass is 10.1. The number of rotatable bonds is 5. The van der Waals surface area contributed by atoms with Crippen molar-refractivity contribution in [3.63, 3.8) is 0 Å². The Morgan fingerprint density at radius 1 is 1.38 bits per heavy atom. The fourth-order valence-electron chi connectivity index (χ4n) is 2.43. The van der Waals surface area contributed by atoms with Gasteiger partial charge in [-0.1, -0.05) is 12.1 Å². The summed E-state index contributed by atoms with van der Waals surface area (Å²) in [6.45, 7) is 1.17. The second kappa shape index (κ2) is 7.00. The molecule has 1 unspecified atom stereocenters. The predicted molar refractivity (Wildman–Crippen MR) is 82.5 cm³/mol. The van der Waals surface area contributed by atoms with Crippen LogP contribution in [0.15, 0.2) is 24.3 Å². The number of hydrogen-bond donors (Lipinski definition) is 0. The van der Waals surface area contributed by atoms with Gasteiger partial charge in [-0.15, -0.1) is 11.3 Å². The van der Waals surface area contributed by atoms with Crippen molar-refractivity contribution in [3.8, 4) is 0 Å². The molecule has 2 aromatic rings. The fraction of sp³-hybridized carbons (Fsp3) is 0.500. The molecule has 4 nitrogen and oxygen atoms in total. The minimum Gasteiger partial charge on any atom is -0.463 e. The zero-order valence-corrected chi connectivity index (χ0v) is 12.7. The molecular weight excluding hydrogens is 286 g/mol. The van der Waals surface area contributed by atoms with Crippen molar-refractivity contribution in [2.75, 3.05) is 13.2 Å². The summed E-state index contributed by atoms with van der Waals surface area (Å²) < 4.78 is 12.0. The van der Waals surface area contributed by atoms with Crippen LogP contribution in [0.1, 0.15) is 30.7 Å². The van der Waals surface area contributed by atoms with E-state index in [0.29, 0.717) is 19.4 Å². The highest BCUT2D eigenvalue weighted by atomic mass is 32.1. The second-order valence-electron chi connectivity index (χ2n) is 5.25. The van der Waals surface area contributed by atoms with E-state index in [1.807, 2.05) is 18.2 Å². The average Bonchev–Trinajstić information content (AvgIpc) is 2.95. The number of thiazole rings is 1. The number of para-hydroxylation sites is 1. The fourth-order valence-corrected chi connectivity index (χ4v) is 3.40. The quantitative estimate of drug-likeness (QED) is 0.795. The standard InChI is InChI=1S/C16H19NO3S/c18-16(20-11-12-5-3-4-10-19-12)9-8-15-17-13-6-1-2-7-14(13)21-15/h1-2,6-7,12H,3-5,8-11H2. The molecule has 0 N–H and O–H groups in total. The first kappa shape index (κ1) is 14.5. The smallest absolute Gasteiger partial charge is 0.306 e. The van der Waals surface area contributed by atoms with Gasteiger partial charge < -0.3 is 9.47 Å². The number of carbonyl (C=O) groups is 1. The first-order chi connectivity index (χ1) is 10.3. The SMILES string of the molecule is O=C(CCc1nc2ccccc2s1)OCC1CCCCO1. The van der Waals surface area contributed by atoms with Crippen LogP contribution in [0.2, 0.25) is 0 Å². The summed E-state index contributed by atoms with van der Waals surface area (Å²) in [6, 6.07) is 8.02. The highest BCUT2D eigenvalue weighted by Crippen LogP contribution is 2.22. The third kappa shape index (κ3) is 4.02. The molecule has 0 saturated carbocycles. The zero-order chi connectivity index (χ0) is 14.5. The Balaban J connectivity index is 1.44. The minimum atomic E-state index is -0.163. The number of benzene rings is 1. The molecule has 0 spiro atoms. The van der Waals surface area contributed by atoms with Gasteiger partial charge in [0.15, 0.2) is 0 Å². The molecule has 5 heteroatoms. The van der Waals surface area contributed by atoms with Gasteiger partial charge in [0.1, 0.15) is 6.61 Å². The van der Waals surface area contributed by atoms with Gasteiger partial charge in [-0.05, 0) is 31.4 Å². The lowest BCUT2D eigenvalue weighted by Gasteiger charge is -2.21. The molecule has 1 fully saturated rings. The normalized spacial score (nSPS) is 18.8. The maximum absolute atomic E-state index is 11.8. The van der Waals surface area contributed by atoms with Crippen LogP contribution in [0.4, 0.5) is 0 Å². The number of aromatic nitrogens is 1. The van der Waals surface area contributed by atoms with Crippen molar-refractivity contribution in [3.05, 3.63) is 29.3 Å². The highest BCUT2D eigenvalue weighted by molar-refractivity contribution is 7.18. The van der Waals surface area contributed by atoms with E-state index < -0.39 is 0 Å². The van der Waals surface area contributed by atoms with E-state index in [4.69, 9.17) is 9.47 Å². The van der Waals surface area contributed by atoms with E-state index in [-0.39, 0.29) is 12.1 Å². The molecule has 0 bridgehead atoms. The first-order valence-corrected chi connectivity index (χ1v) is 8.24. The molecule has 112 valence electrons. The number of esters is 1. The van der Waals surface area contributed by atoms with Crippen molar-refractivity contribution in [2.24, 2.45) is 0 Å². The summed E-state index contributed by atoms with van der Waals surface area (Å²) in [7, 11) is 0. The third-order valence-corrected chi connectivity index (χ3v) is 4.68. The summed E-state index contributed by atoms with van der Waals surface area (Å²) in [5.74, 6) is -0.163. The van der Waals surface area contributed by atoms with Crippen LogP contribution in [0.5, 0.6) is 0 Å². The maximum Gasteiger partial charge on any atom is 0.306 e. The Bertz CT molecular complexity index is 571. The topological polar surface area (TPSA) is 48.4 Å². The molecule has 1 saturated heterocycles. The number of carbonyl (C=O) groups excluding carboxylic acids is 1. The van der Waals surface area contributed by atoms with Gasteiger partial charge in [0, 0.05) is 13.0 Å². The molecule has 0 amide bonds. The van der Waals surface area contributed by atoms with Crippen LogP contribution >= 0.6 is 11.3 Å². The second-order valence-corrected chi connectivity index (χ2v) is 6.36. The van der Waals surface area contributed by atoms with Crippen LogP contribution in [-0.4, -0.2) is 30.3 Å². The lowest BCUT2D eigenvalue weighted by molar-refractivity contribution is -0.149. The van der Waals surface area contributed by atoms with Crippen molar-refractivity contribution in [1.29, 1.82) is 0 Å². The minimum absolute atomic E-state index is 0.0881. The van der Waals surface area contributed by atoms with E-state index >= 15 is 0 Å². The largest absolute Gasteiger partial charge is 0.463 e. The van der Waals surface area contributed by atoms with E-state index in [2.05, 4.69) is 11.1 Å². The molecule has 1 aliphatic heterocycles. The number of aryl methyl sites for hydroxylation is 1. The molecule has 21 heavy (non-hydrogen) atoms. The third-order valence-electron chi connectivity index (χ3n) is 3.59. The number of ether oxygens (including phenoxy) is 2. The highest BCUT2D eigenvalue weighted by Gasteiger charge is 2.16. The summed E-state index contributed by atoms with van der Waals surface area (Å²) in [5.41, 5.74) is 1.00. The van der Waals surface area contributed by atoms with Gasteiger partial charge in [-0.3, -0.25) is 4.79 Å². The monoisotopic (exact) mass is 305 g/mol. The lowest BCUT2D eigenvalue weighted by Crippen LogP contribution is -2.26. The van der Waals surface area contributed by atoms with E-state index in [1.54, 1.807) is 11.3 Å². The molecule has 2 heterocycles. The van der Waals surface area contributed by atoms with Crippen molar-refractivity contribution in [1.82, 2.24) is 4.98 Å². The molecule has 1 aliphatic rings. The Hall–Kier alpha value is -1.46. The van der Waals surface area contributed by atoms with Gasteiger partial charge in [0.05, 0.1) is 27.7 Å². The van der Waals surface area contributed by atoms with Gasteiger partial charge >= 0.3 is 5.97 Å². The molecule has 1 aromatic heterocycles. The summed E-state index contributed by atoms with van der Waals surface area (Å²) >= 11 is 1.64. The van der Waals surface area contributed by atoms with Gasteiger partial charge in [-0.25, -0.2) is 4.98 Å². The predicted octanol–water partition coefficient (Wildman–Crippen LogP) is 3.34. The number of nitrogens with zero attached hydrogens (tertiary/aromatic N) is 1. The Morgan fingerprint density at radius 2 is 2.29 bits per heavy atom. The molecule has 0 radical (unpaired) electrons. The van der Waals surface area contributed by atoms with Crippen LogP contribution in [0, 0.1) is 0 Å². The van der Waals surface area contributed by atoms with Crippen LogP contribution in [-0.2, 0) is 20.7 Å². The zero-order valence-electron chi connectivity index (χ0n) is 11.9. The van der Waals surface area contributed by atoms with E-state index in [0.717, 1.165) is 41.1 Å².